The highest BCUT2D eigenvalue weighted by Gasteiger charge is 2.20. The van der Waals surface area contributed by atoms with E-state index in [1.54, 1.807) is 14.2 Å². The van der Waals surface area contributed by atoms with Crippen LogP contribution >= 0.6 is 0 Å². The Hall–Kier alpha value is -0.760. The number of allylic oxidation sites excluding steroid dienone is 2. The first kappa shape index (κ1) is 8.34. The molecule has 0 aromatic carbocycles. The van der Waals surface area contributed by atoms with Crippen molar-refractivity contribution in [2.75, 3.05) is 14.2 Å². The largest absolute Gasteiger partial charge is 0.501 e. The highest BCUT2D eigenvalue weighted by molar-refractivity contribution is 5.19. The van der Waals surface area contributed by atoms with E-state index in [1.165, 1.54) is 0 Å². The average Bonchev–Trinajstić information content (AvgIpc) is 2.05. The first-order chi connectivity index (χ1) is 5.29. The van der Waals surface area contributed by atoms with Gasteiger partial charge in [0.15, 0.2) is 0 Å². The second kappa shape index (κ2) is 3.58. The fourth-order valence-corrected chi connectivity index (χ4v) is 1.28. The van der Waals surface area contributed by atoms with Crippen molar-refractivity contribution in [3.05, 3.63) is 24.0 Å². The lowest BCUT2D eigenvalue weighted by molar-refractivity contribution is 0.0820. The van der Waals surface area contributed by atoms with E-state index in [-0.39, 0.29) is 6.10 Å². The average molecular weight is 154 g/mol. The van der Waals surface area contributed by atoms with Gasteiger partial charge in [0.2, 0.25) is 0 Å². The Morgan fingerprint density at radius 3 is 2.64 bits per heavy atom. The molecule has 0 bridgehead atoms. The first-order valence-electron chi connectivity index (χ1n) is 3.74. The summed E-state index contributed by atoms with van der Waals surface area (Å²) in [6, 6.07) is 0. The molecule has 0 fully saturated rings. The SMILES string of the molecule is COC1=CC=CC(OC)C1C. The number of methoxy groups -OCH3 is 2. The van der Waals surface area contributed by atoms with E-state index in [0.29, 0.717) is 5.92 Å². The van der Waals surface area contributed by atoms with Crippen LogP contribution in [0.3, 0.4) is 0 Å². The minimum Gasteiger partial charge on any atom is -0.501 e. The topological polar surface area (TPSA) is 18.5 Å². The first-order valence-corrected chi connectivity index (χ1v) is 3.74. The molecule has 62 valence electrons. The molecule has 1 rings (SSSR count). The third-order valence-corrected chi connectivity index (χ3v) is 2.01. The van der Waals surface area contributed by atoms with Gasteiger partial charge in [-0.05, 0) is 6.08 Å². The maximum atomic E-state index is 5.23. The van der Waals surface area contributed by atoms with Crippen molar-refractivity contribution in [1.82, 2.24) is 0 Å². The van der Waals surface area contributed by atoms with Gasteiger partial charge in [-0.25, -0.2) is 0 Å². The zero-order chi connectivity index (χ0) is 8.27. The molecule has 0 spiro atoms. The lowest BCUT2D eigenvalue weighted by Crippen LogP contribution is -2.22. The van der Waals surface area contributed by atoms with Crippen molar-refractivity contribution in [2.24, 2.45) is 5.92 Å². The molecular formula is C9H14O2. The van der Waals surface area contributed by atoms with E-state index >= 15 is 0 Å². The van der Waals surface area contributed by atoms with E-state index in [4.69, 9.17) is 9.47 Å². The molecule has 0 aromatic heterocycles. The van der Waals surface area contributed by atoms with Gasteiger partial charge in [-0.1, -0.05) is 19.1 Å². The minimum absolute atomic E-state index is 0.162. The Morgan fingerprint density at radius 1 is 1.36 bits per heavy atom. The molecule has 0 heterocycles. The van der Waals surface area contributed by atoms with Gasteiger partial charge in [0.25, 0.3) is 0 Å². The predicted octanol–water partition coefficient (Wildman–Crippen LogP) is 1.74. The smallest absolute Gasteiger partial charge is 0.101 e. The predicted molar refractivity (Wildman–Crippen MR) is 44.2 cm³/mol. The van der Waals surface area contributed by atoms with E-state index in [0.717, 1.165) is 5.76 Å². The molecule has 0 aromatic rings. The number of hydrogen-bond donors (Lipinski definition) is 0. The Kier molecular flexibility index (Phi) is 2.71. The monoisotopic (exact) mass is 154 g/mol. The molecule has 0 amide bonds. The quantitative estimate of drug-likeness (QED) is 0.603. The van der Waals surface area contributed by atoms with Gasteiger partial charge in [0, 0.05) is 13.0 Å². The van der Waals surface area contributed by atoms with E-state index in [1.807, 2.05) is 18.2 Å². The lowest BCUT2D eigenvalue weighted by Gasteiger charge is -2.23. The van der Waals surface area contributed by atoms with Gasteiger partial charge in [-0.2, -0.15) is 0 Å². The summed E-state index contributed by atoms with van der Waals surface area (Å²) < 4.78 is 10.4. The summed E-state index contributed by atoms with van der Waals surface area (Å²) in [4.78, 5) is 0. The molecule has 11 heavy (non-hydrogen) atoms. The molecular weight excluding hydrogens is 140 g/mol. The van der Waals surface area contributed by atoms with Crippen LogP contribution in [-0.2, 0) is 9.47 Å². The van der Waals surface area contributed by atoms with E-state index < -0.39 is 0 Å². The Balaban J connectivity index is 2.68. The molecule has 1 aliphatic carbocycles. The third-order valence-electron chi connectivity index (χ3n) is 2.01. The zero-order valence-corrected chi connectivity index (χ0v) is 7.20. The Bertz CT molecular complexity index is 182. The Morgan fingerprint density at radius 2 is 2.09 bits per heavy atom. The lowest BCUT2D eigenvalue weighted by atomic mass is 9.97. The number of hydrogen-bond acceptors (Lipinski definition) is 2. The summed E-state index contributed by atoms with van der Waals surface area (Å²) >= 11 is 0. The summed E-state index contributed by atoms with van der Waals surface area (Å²) in [6.07, 6.45) is 6.13. The number of ether oxygens (including phenoxy) is 2. The van der Waals surface area contributed by atoms with Crippen LogP contribution in [0, 0.1) is 5.92 Å². The van der Waals surface area contributed by atoms with Crippen LogP contribution < -0.4 is 0 Å². The molecule has 2 heteroatoms. The molecule has 2 nitrogen and oxygen atoms in total. The van der Waals surface area contributed by atoms with Crippen LogP contribution in [0.25, 0.3) is 0 Å². The molecule has 2 unspecified atom stereocenters. The van der Waals surface area contributed by atoms with Gasteiger partial charge in [-0.15, -0.1) is 0 Å². The summed E-state index contributed by atoms with van der Waals surface area (Å²) in [5.74, 6) is 1.31. The van der Waals surface area contributed by atoms with Crippen LogP contribution in [0.4, 0.5) is 0 Å². The van der Waals surface area contributed by atoms with Crippen LogP contribution in [0.5, 0.6) is 0 Å². The van der Waals surface area contributed by atoms with E-state index in [9.17, 15) is 0 Å². The van der Waals surface area contributed by atoms with Crippen molar-refractivity contribution in [3.8, 4) is 0 Å². The van der Waals surface area contributed by atoms with Crippen molar-refractivity contribution in [3.63, 3.8) is 0 Å². The second-order valence-electron chi connectivity index (χ2n) is 2.65. The molecule has 0 N–H and O–H groups in total. The zero-order valence-electron chi connectivity index (χ0n) is 7.20. The number of rotatable bonds is 2. The van der Waals surface area contributed by atoms with Crippen LogP contribution in [0.15, 0.2) is 24.0 Å². The van der Waals surface area contributed by atoms with Gasteiger partial charge in [-0.3, -0.25) is 0 Å². The normalized spacial score (nSPS) is 29.9. The molecule has 0 saturated heterocycles. The molecule has 2 atom stereocenters. The van der Waals surface area contributed by atoms with Gasteiger partial charge < -0.3 is 9.47 Å². The molecule has 0 saturated carbocycles. The van der Waals surface area contributed by atoms with Gasteiger partial charge in [0.1, 0.15) is 5.76 Å². The maximum Gasteiger partial charge on any atom is 0.101 e. The third kappa shape index (κ3) is 1.63. The summed E-state index contributed by atoms with van der Waals surface area (Å²) in [7, 11) is 3.40. The fraction of sp³-hybridized carbons (Fsp3) is 0.556. The highest BCUT2D eigenvalue weighted by Crippen LogP contribution is 2.22. The second-order valence-corrected chi connectivity index (χ2v) is 2.65. The van der Waals surface area contributed by atoms with Crippen molar-refractivity contribution >= 4 is 0 Å². The standard InChI is InChI=1S/C9H14O2/c1-7-8(10-2)5-4-6-9(7)11-3/h4-8H,1-3H3. The van der Waals surface area contributed by atoms with Gasteiger partial charge >= 0.3 is 0 Å². The maximum absolute atomic E-state index is 5.23. The van der Waals surface area contributed by atoms with Crippen molar-refractivity contribution < 1.29 is 9.47 Å². The van der Waals surface area contributed by atoms with Crippen molar-refractivity contribution in [1.29, 1.82) is 0 Å². The van der Waals surface area contributed by atoms with Crippen LogP contribution in [-0.4, -0.2) is 20.3 Å². The van der Waals surface area contributed by atoms with Crippen LogP contribution in [0.1, 0.15) is 6.92 Å². The fourth-order valence-electron chi connectivity index (χ4n) is 1.28. The van der Waals surface area contributed by atoms with Crippen molar-refractivity contribution in [2.45, 2.75) is 13.0 Å². The molecule has 1 aliphatic rings. The molecule has 0 aliphatic heterocycles. The Labute approximate surface area is 67.5 Å². The highest BCUT2D eigenvalue weighted by atomic mass is 16.5. The minimum atomic E-state index is 0.162. The summed E-state index contributed by atoms with van der Waals surface area (Å²) in [5.41, 5.74) is 0. The van der Waals surface area contributed by atoms with Gasteiger partial charge in [0.05, 0.1) is 13.2 Å². The van der Waals surface area contributed by atoms with Crippen LogP contribution in [0.2, 0.25) is 0 Å². The molecule has 0 radical (unpaired) electrons. The summed E-state index contributed by atoms with van der Waals surface area (Å²) in [6.45, 7) is 2.09. The van der Waals surface area contributed by atoms with E-state index in [2.05, 4.69) is 6.92 Å². The summed E-state index contributed by atoms with van der Waals surface area (Å²) in [5, 5.41) is 0.